The average molecular weight is 377 g/mol. The van der Waals surface area contributed by atoms with E-state index in [9.17, 15) is 4.79 Å². The van der Waals surface area contributed by atoms with Gasteiger partial charge in [0.1, 0.15) is 6.33 Å². The first-order chi connectivity index (χ1) is 13.6. The number of hydrogen-bond acceptors (Lipinski definition) is 6. The summed E-state index contributed by atoms with van der Waals surface area (Å²) in [5.74, 6) is 0.634. The summed E-state index contributed by atoms with van der Waals surface area (Å²) in [5, 5.41) is 0. The van der Waals surface area contributed by atoms with Gasteiger partial charge in [0.05, 0.1) is 24.1 Å². The third-order valence-corrected chi connectivity index (χ3v) is 4.99. The van der Waals surface area contributed by atoms with Crippen molar-refractivity contribution in [3.8, 4) is 11.4 Å². The lowest BCUT2D eigenvalue weighted by Gasteiger charge is -2.23. The molecule has 1 saturated heterocycles. The van der Waals surface area contributed by atoms with Crippen LogP contribution in [-0.4, -0.2) is 39.2 Å². The summed E-state index contributed by atoms with van der Waals surface area (Å²) >= 11 is 0. The Labute approximate surface area is 163 Å². The van der Waals surface area contributed by atoms with Crippen molar-refractivity contribution in [2.45, 2.75) is 19.4 Å². The molecular formula is C21H23N5O2. The van der Waals surface area contributed by atoms with Crippen LogP contribution < -0.4 is 10.5 Å². The smallest absolute Gasteiger partial charge is 0.255 e. The van der Waals surface area contributed by atoms with Gasteiger partial charge in [-0.05, 0) is 25.0 Å². The van der Waals surface area contributed by atoms with Gasteiger partial charge >= 0.3 is 0 Å². The van der Waals surface area contributed by atoms with Crippen molar-refractivity contribution >= 4 is 5.95 Å². The van der Waals surface area contributed by atoms with Crippen LogP contribution in [0.3, 0.4) is 0 Å². The van der Waals surface area contributed by atoms with Gasteiger partial charge in [-0.15, -0.1) is 0 Å². The molecule has 3 aromatic rings. The number of aryl methyl sites for hydroxylation is 1. The van der Waals surface area contributed by atoms with Crippen LogP contribution in [-0.2, 0) is 11.8 Å². The van der Waals surface area contributed by atoms with E-state index in [1.54, 1.807) is 23.9 Å². The molecule has 1 aliphatic rings. The zero-order chi connectivity index (χ0) is 19.5. The maximum atomic E-state index is 12.5. The summed E-state index contributed by atoms with van der Waals surface area (Å²) < 4.78 is 7.68. The van der Waals surface area contributed by atoms with Crippen molar-refractivity contribution in [1.29, 1.82) is 0 Å². The van der Waals surface area contributed by atoms with Gasteiger partial charge in [-0.3, -0.25) is 9.36 Å². The Balaban J connectivity index is 1.61. The SMILES string of the molecule is Cc1cccc(C2CCN(c3nc(-c4ccncn4)cc(=O)n3C)CCO2)c1. The van der Waals surface area contributed by atoms with Gasteiger partial charge in [0, 0.05) is 32.4 Å². The lowest BCUT2D eigenvalue weighted by molar-refractivity contribution is 0.0647. The zero-order valence-electron chi connectivity index (χ0n) is 16.1. The standard InChI is InChI=1S/C21H23N5O2/c1-15-4-3-5-16(12-15)19-7-9-26(10-11-28-19)21-24-18(13-20(27)25(21)2)17-6-8-22-14-23-17/h3-6,8,12-14,19H,7,9-11H2,1-2H3. The molecule has 0 amide bonds. The van der Waals surface area contributed by atoms with E-state index in [-0.39, 0.29) is 11.7 Å². The topological polar surface area (TPSA) is 73.1 Å². The quantitative estimate of drug-likeness (QED) is 0.698. The van der Waals surface area contributed by atoms with E-state index in [0.717, 1.165) is 13.0 Å². The number of ether oxygens (including phenoxy) is 1. The first-order valence-electron chi connectivity index (χ1n) is 9.39. The molecule has 28 heavy (non-hydrogen) atoms. The van der Waals surface area contributed by atoms with E-state index < -0.39 is 0 Å². The third kappa shape index (κ3) is 3.80. The number of hydrogen-bond donors (Lipinski definition) is 0. The monoisotopic (exact) mass is 377 g/mol. The molecule has 0 spiro atoms. The second-order valence-corrected chi connectivity index (χ2v) is 6.98. The molecule has 144 valence electrons. The van der Waals surface area contributed by atoms with Crippen molar-refractivity contribution in [2.24, 2.45) is 7.05 Å². The van der Waals surface area contributed by atoms with E-state index in [1.807, 2.05) is 0 Å². The van der Waals surface area contributed by atoms with Crippen LogP contribution in [0.25, 0.3) is 11.4 Å². The summed E-state index contributed by atoms with van der Waals surface area (Å²) in [6.07, 6.45) is 3.98. The molecule has 3 heterocycles. The van der Waals surface area contributed by atoms with Gasteiger partial charge in [-0.25, -0.2) is 15.0 Å². The van der Waals surface area contributed by atoms with Crippen LogP contribution in [0.15, 0.2) is 53.7 Å². The zero-order valence-corrected chi connectivity index (χ0v) is 16.1. The summed E-state index contributed by atoms with van der Waals surface area (Å²) in [5.41, 5.74) is 3.50. The molecule has 2 aromatic heterocycles. The van der Waals surface area contributed by atoms with Gasteiger partial charge < -0.3 is 9.64 Å². The van der Waals surface area contributed by atoms with Gasteiger partial charge in [-0.1, -0.05) is 29.8 Å². The maximum absolute atomic E-state index is 12.5. The Hall–Kier alpha value is -3.06. The minimum absolute atomic E-state index is 0.0481. The number of nitrogens with zero attached hydrogens (tertiary/aromatic N) is 5. The molecule has 0 bridgehead atoms. The van der Waals surface area contributed by atoms with E-state index in [4.69, 9.17) is 9.72 Å². The molecule has 0 aliphatic carbocycles. The molecule has 0 radical (unpaired) electrons. The normalized spacial score (nSPS) is 17.4. The molecule has 0 N–H and O–H groups in total. The maximum Gasteiger partial charge on any atom is 0.255 e. The fourth-order valence-corrected chi connectivity index (χ4v) is 3.49. The van der Waals surface area contributed by atoms with Gasteiger partial charge in [0.2, 0.25) is 5.95 Å². The Morgan fingerprint density at radius 1 is 1.14 bits per heavy atom. The number of benzene rings is 1. The molecular weight excluding hydrogens is 354 g/mol. The summed E-state index contributed by atoms with van der Waals surface area (Å²) in [4.78, 5) is 27.5. The predicted molar refractivity (Wildman–Crippen MR) is 107 cm³/mol. The molecule has 1 fully saturated rings. The van der Waals surface area contributed by atoms with Crippen LogP contribution in [0.4, 0.5) is 5.95 Å². The van der Waals surface area contributed by atoms with E-state index in [2.05, 4.69) is 46.1 Å². The minimum Gasteiger partial charge on any atom is -0.372 e. The summed E-state index contributed by atoms with van der Waals surface area (Å²) in [6.45, 7) is 4.10. The van der Waals surface area contributed by atoms with Gasteiger partial charge in [0.15, 0.2) is 0 Å². The van der Waals surface area contributed by atoms with Gasteiger partial charge in [0.25, 0.3) is 5.56 Å². The summed E-state index contributed by atoms with van der Waals surface area (Å²) in [6, 6.07) is 11.7. The Bertz CT molecular complexity index is 1020. The molecule has 1 unspecified atom stereocenters. The molecule has 0 saturated carbocycles. The summed E-state index contributed by atoms with van der Waals surface area (Å²) in [7, 11) is 1.75. The van der Waals surface area contributed by atoms with Crippen LogP contribution >= 0.6 is 0 Å². The van der Waals surface area contributed by atoms with E-state index in [0.29, 0.717) is 30.5 Å². The van der Waals surface area contributed by atoms with E-state index >= 15 is 0 Å². The molecule has 1 aromatic carbocycles. The minimum atomic E-state index is -0.112. The second-order valence-electron chi connectivity index (χ2n) is 6.98. The van der Waals surface area contributed by atoms with Gasteiger partial charge in [-0.2, -0.15) is 0 Å². The van der Waals surface area contributed by atoms with Crippen molar-refractivity contribution < 1.29 is 4.74 Å². The highest BCUT2D eigenvalue weighted by molar-refractivity contribution is 5.55. The number of rotatable bonds is 3. The van der Waals surface area contributed by atoms with Crippen molar-refractivity contribution in [3.05, 3.63) is 70.4 Å². The Kier molecular flexibility index (Phi) is 5.16. The van der Waals surface area contributed by atoms with Crippen LogP contribution in [0.2, 0.25) is 0 Å². The molecule has 7 nitrogen and oxygen atoms in total. The highest BCUT2D eigenvalue weighted by Crippen LogP contribution is 2.26. The van der Waals surface area contributed by atoms with Crippen molar-refractivity contribution in [3.63, 3.8) is 0 Å². The fraction of sp³-hybridized carbons (Fsp3) is 0.333. The molecule has 1 aliphatic heterocycles. The van der Waals surface area contributed by atoms with Crippen LogP contribution in [0, 0.1) is 6.92 Å². The Morgan fingerprint density at radius 3 is 2.82 bits per heavy atom. The average Bonchev–Trinajstić information content (AvgIpc) is 2.97. The lowest BCUT2D eigenvalue weighted by atomic mass is 10.0. The predicted octanol–water partition coefficient (Wildman–Crippen LogP) is 2.51. The molecule has 1 atom stereocenters. The van der Waals surface area contributed by atoms with Crippen molar-refractivity contribution in [1.82, 2.24) is 19.5 Å². The number of anilines is 1. The number of aromatic nitrogens is 4. The first kappa shape index (κ1) is 18.3. The largest absolute Gasteiger partial charge is 0.372 e. The van der Waals surface area contributed by atoms with Crippen LogP contribution in [0.1, 0.15) is 23.7 Å². The second kappa shape index (κ2) is 7.90. The van der Waals surface area contributed by atoms with Crippen molar-refractivity contribution in [2.75, 3.05) is 24.6 Å². The lowest BCUT2D eigenvalue weighted by Crippen LogP contribution is -2.33. The first-order valence-corrected chi connectivity index (χ1v) is 9.39. The highest BCUT2D eigenvalue weighted by atomic mass is 16.5. The van der Waals surface area contributed by atoms with Crippen LogP contribution in [0.5, 0.6) is 0 Å². The third-order valence-electron chi connectivity index (χ3n) is 4.99. The fourth-order valence-electron chi connectivity index (χ4n) is 3.49. The highest BCUT2D eigenvalue weighted by Gasteiger charge is 2.22. The van der Waals surface area contributed by atoms with E-state index in [1.165, 1.54) is 23.5 Å². The molecule has 4 rings (SSSR count). The molecule has 7 heteroatoms. The Morgan fingerprint density at radius 2 is 2.04 bits per heavy atom.